The second-order valence-corrected chi connectivity index (χ2v) is 7.36. The fourth-order valence-electron chi connectivity index (χ4n) is 2.40. The molecule has 3 aromatic rings. The van der Waals surface area contributed by atoms with Crippen LogP contribution in [0.25, 0.3) is 10.9 Å². The number of hydrogen-bond acceptors (Lipinski definition) is 3. The molecule has 0 aliphatic heterocycles. The minimum Gasteiger partial charge on any atom is -0.308 e. The number of hydrogen-bond donors (Lipinski definition) is 1. The van der Waals surface area contributed by atoms with Crippen molar-refractivity contribution in [2.24, 2.45) is 0 Å². The Morgan fingerprint density at radius 1 is 1.19 bits per heavy atom. The van der Waals surface area contributed by atoms with Crippen LogP contribution >= 0.6 is 27.3 Å². The normalized spacial score (nSPS) is 11.2. The summed E-state index contributed by atoms with van der Waals surface area (Å²) in [5, 5.41) is 4.69. The maximum Gasteiger partial charge on any atom is 0.0758 e. The van der Waals surface area contributed by atoms with Gasteiger partial charge in [-0.25, -0.2) is 0 Å². The quantitative estimate of drug-likeness (QED) is 0.710. The van der Waals surface area contributed by atoms with Gasteiger partial charge in [0.2, 0.25) is 0 Å². The summed E-state index contributed by atoms with van der Waals surface area (Å²) in [6.45, 7) is 6.08. The number of aromatic nitrogens is 1. The predicted octanol–water partition coefficient (Wildman–Crippen LogP) is 4.97. The molecular formula is C17H17BrN2S. The molecule has 1 N–H and O–H groups in total. The summed E-state index contributed by atoms with van der Waals surface area (Å²) in [4.78, 5) is 7.31. The van der Waals surface area contributed by atoms with Gasteiger partial charge >= 0.3 is 0 Å². The number of rotatable bonds is 4. The number of fused-ring (bicyclic) bond motifs is 1. The van der Waals surface area contributed by atoms with Crippen LogP contribution in [0.3, 0.4) is 0 Å². The van der Waals surface area contributed by atoms with E-state index < -0.39 is 0 Å². The van der Waals surface area contributed by atoms with Crippen LogP contribution in [0.1, 0.15) is 20.9 Å². The zero-order chi connectivity index (χ0) is 14.8. The first-order valence-corrected chi connectivity index (χ1v) is 8.55. The van der Waals surface area contributed by atoms with E-state index in [0.717, 1.165) is 23.1 Å². The Bertz CT molecular complexity index is 760. The maximum absolute atomic E-state index is 4.52. The summed E-state index contributed by atoms with van der Waals surface area (Å²) in [6, 6.07) is 10.6. The van der Waals surface area contributed by atoms with Gasteiger partial charge in [-0.2, -0.15) is 0 Å². The van der Waals surface area contributed by atoms with Crippen LogP contribution < -0.4 is 5.32 Å². The first-order chi connectivity index (χ1) is 10.1. The van der Waals surface area contributed by atoms with Gasteiger partial charge in [0.05, 0.1) is 5.52 Å². The minimum absolute atomic E-state index is 0.830. The number of aryl methyl sites for hydroxylation is 2. The molecule has 0 radical (unpaired) electrons. The van der Waals surface area contributed by atoms with Crippen molar-refractivity contribution in [1.29, 1.82) is 0 Å². The van der Waals surface area contributed by atoms with Gasteiger partial charge in [-0.3, -0.25) is 4.98 Å². The minimum atomic E-state index is 0.830. The molecule has 0 aliphatic carbocycles. The summed E-state index contributed by atoms with van der Waals surface area (Å²) in [7, 11) is 0. The van der Waals surface area contributed by atoms with Crippen molar-refractivity contribution in [1.82, 2.24) is 10.3 Å². The molecule has 0 saturated heterocycles. The molecular weight excluding hydrogens is 344 g/mol. The Labute approximate surface area is 137 Å². The molecule has 108 valence electrons. The number of thiophene rings is 1. The Balaban J connectivity index is 1.75. The van der Waals surface area contributed by atoms with Gasteiger partial charge in [0, 0.05) is 38.9 Å². The molecule has 21 heavy (non-hydrogen) atoms. The first-order valence-electron chi connectivity index (χ1n) is 6.94. The molecule has 0 bridgehead atoms. The molecule has 0 fully saturated rings. The number of halogens is 1. The highest BCUT2D eigenvalue weighted by Crippen LogP contribution is 2.25. The zero-order valence-corrected chi connectivity index (χ0v) is 14.5. The summed E-state index contributed by atoms with van der Waals surface area (Å²) in [5.74, 6) is 0. The van der Waals surface area contributed by atoms with E-state index in [0.29, 0.717) is 0 Å². The molecule has 0 aliphatic rings. The summed E-state index contributed by atoms with van der Waals surface area (Å²) < 4.78 is 1.10. The van der Waals surface area contributed by atoms with Crippen molar-refractivity contribution >= 4 is 38.2 Å². The van der Waals surface area contributed by atoms with E-state index in [4.69, 9.17) is 0 Å². The average molecular weight is 361 g/mol. The largest absolute Gasteiger partial charge is 0.308 e. The Hall–Kier alpha value is -1.23. The van der Waals surface area contributed by atoms with Gasteiger partial charge in [0.15, 0.2) is 0 Å². The number of benzene rings is 1. The molecule has 2 nitrogen and oxygen atoms in total. The van der Waals surface area contributed by atoms with Crippen molar-refractivity contribution in [3.8, 4) is 0 Å². The summed E-state index contributed by atoms with van der Waals surface area (Å²) in [5.41, 5.74) is 3.68. The van der Waals surface area contributed by atoms with Gasteiger partial charge in [-0.05, 0) is 43.2 Å². The van der Waals surface area contributed by atoms with E-state index in [1.54, 1.807) is 0 Å². The lowest BCUT2D eigenvalue weighted by Crippen LogP contribution is -2.12. The third-order valence-corrected chi connectivity index (χ3v) is 5.48. The van der Waals surface area contributed by atoms with Crippen molar-refractivity contribution in [2.45, 2.75) is 26.9 Å². The van der Waals surface area contributed by atoms with Crippen LogP contribution in [0.2, 0.25) is 0 Å². The second-order valence-electron chi connectivity index (χ2n) is 5.16. The van der Waals surface area contributed by atoms with Gasteiger partial charge < -0.3 is 5.32 Å². The number of nitrogens with one attached hydrogen (secondary N) is 1. The van der Waals surface area contributed by atoms with E-state index in [-0.39, 0.29) is 0 Å². The predicted molar refractivity (Wildman–Crippen MR) is 93.8 cm³/mol. The van der Waals surface area contributed by atoms with Crippen LogP contribution in [0, 0.1) is 13.8 Å². The zero-order valence-electron chi connectivity index (χ0n) is 12.1. The third-order valence-electron chi connectivity index (χ3n) is 3.63. The van der Waals surface area contributed by atoms with Crippen LogP contribution in [0.15, 0.2) is 41.0 Å². The van der Waals surface area contributed by atoms with Crippen molar-refractivity contribution < 1.29 is 0 Å². The monoisotopic (exact) mass is 360 g/mol. The van der Waals surface area contributed by atoms with Crippen molar-refractivity contribution in [2.75, 3.05) is 0 Å². The van der Waals surface area contributed by atoms with Crippen LogP contribution in [0.5, 0.6) is 0 Å². The van der Waals surface area contributed by atoms with Crippen LogP contribution in [-0.2, 0) is 13.1 Å². The molecule has 0 spiro atoms. The van der Waals surface area contributed by atoms with Crippen molar-refractivity contribution in [3.63, 3.8) is 0 Å². The molecule has 0 saturated carbocycles. The highest BCUT2D eigenvalue weighted by Gasteiger charge is 2.06. The topological polar surface area (TPSA) is 24.9 Å². The number of pyridine rings is 1. The second kappa shape index (κ2) is 6.26. The van der Waals surface area contributed by atoms with Crippen molar-refractivity contribution in [3.05, 3.63) is 61.9 Å². The van der Waals surface area contributed by atoms with E-state index in [1.807, 2.05) is 23.6 Å². The first kappa shape index (κ1) is 14.7. The Kier molecular flexibility index (Phi) is 4.38. The lowest BCUT2D eigenvalue weighted by Gasteiger charge is -2.08. The maximum atomic E-state index is 4.52. The average Bonchev–Trinajstić information content (AvgIpc) is 2.80. The van der Waals surface area contributed by atoms with Gasteiger partial charge in [0.1, 0.15) is 0 Å². The molecule has 2 aromatic heterocycles. The van der Waals surface area contributed by atoms with E-state index in [9.17, 15) is 0 Å². The molecule has 1 aromatic carbocycles. The van der Waals surface area contributed by atoms with Gasteiger partial charge in [-0.15, -0.1) is 11.3 Å². The summed E-state index contributed by atoms with van der Waals surface area (Å²) >= 11 is 5.46. The SMILES string of the molecule is Cc1cc(CNCc2ccc(Br)c3cccnc23)sc1C. The number of nitrogens with zero attached hydrogens (tertiary/aromatic N) is 1. The fraction of sp³-hybridized carbons (Fsp3) is 0.235. The smallest absolute Gasteiger partial charge is 0.0758 e. The molecule has 3 rings (SSSR count). The lowest BCUT2D eigenvalue weighted by atomic mass is 10.1. The van der Waals surface area contributed by atoms with E-state index in [2.05, 4.69) is 64.3 Å². The third kappa shape index (κ3) is 3.18. The highest BCUT2D eigenvalue weighted by atomic mass is 79.9. The molecule has 2 heterocycles. The van der Waals surface area contributed by atoms with Gasteiger partial charge in [-0.1, -0.05) is 28.1 Å². The molecule has 0 unspecified atom stereocenters. The standard InChI is InChI=1S/C17H17BrN2S/c1-11-8-14(21-12(11)2)10-19-9-13-5-6-16(18)15-4-3-7-20-17(13)15/h3-8,19H,9-10H2,1-2H3. The Morgan fingerprint density at radius 3 is 2.81 bits per heavy atom. The van der Waals surface area contributed by atoms with Crippen LogP contribution in [-0.4, -0.2) is 4.98 Å². The summed E-state index contributed by atoms with van der Waals surface area (Å²) in [6.07, 6.45) is 1.85. The van der Waals surface area contributed by atoms with E-state index >= 15 is 0 Å². The molecule has 0 atom stereocenters. The van der Waals surface area contributed by atoms with Gasteiger partial charge in [0.25, 0.3) is 0 Å². The fourth-order valence-corrected chi connectivity index (χ4v) is 3.87. The van der Waals surface area contributed by atoms with Crippen LogP contribution in [0.4, 0.5) is 0 Å². The highest BCUT2D eigenvalue weighted by molar-refractivity contribution is 9.10. The van der Waals surface area contributed by atoms with E-state index in [1.165, 1.54) is 26.3 Å². The Morgan fingerprint density at radius 2 is 2.05 bits per heavy atom. The molecule has 0 amide bonds. The molecule has 4 heteroatoms. The lowest BCUT2D eigenvalue weighted by molar-refractivity contribution is 0.703.